The molecule has 0 atom stereocenters. The van der Waals surface area contributed by atoms with Crippen molar-refractivity contribution in [3.8, 4) is 5.75 Å². The third kappa shape index (κ3) is 5.02. The van der Waals surface area contributed by atoms with Gasteiger partial charge in [0.2, 0.25) is 10.0 Å². The third-order valence-corrected chi connectivity index (χ3v) is 4.88. The van der Waals surface area contributed by atoms with Crippen LogP contribution in [0.5, 0.6) is 5.75 Å². The molecule has 3 N–H and O–H groups in total. The highest BCUT2D eigenvalue weighted by Crippen LogP contribution is 2.23. The molecular formula is C14H22N2O3S. The fraction of sp³-hybridized carbons (Fsp3) is 0.571. The van der Waals surface area contributed by atoms with E-state index in [4.69, 9.17) is 10.5 Å². The largest absolute Gasteiger partial charge is 0.492 e. The van der Waals surface area contributed by atoms with Gasteiger partial charge < -0.3 is 10.5 Å². The minimum Gasteiger partial charge on any atom is -0.492 e. The van der Waals surface area contributed by atoms with Gasteiger partial charge in [0.1, 0.15) is 12.4 Å². The van der Waals surface area contributed by atoms with E-state index in [0.717, 1.165) is 12.8 Å². The average molecular weight is 298 g/mol. The molecule has 20 heavy (non-hydrogen) atoms. The van der Waals surface area contributed by atoms with Crippen LogP contribution in [0.3, 0.4) is 0 Å². The predicted molar refractivity (Wildman–Crippen MR) is 80.1 cm³/mol. The van der Waals surface area contributed by atoms with Crippen LogP contribution in [0.1, 0.15) is 25.7 Å². The second-order valence-corrected chi connectivity index (χ2v) is 7.16. The highest BCUT2D eigenvalue weighted by molar-refractivity contribution is 7.89. The van der Waals surface area contributed by atoms with Gasteiger partial charge in [0.25, 0.3) is 0 Å². The highest BCUT2D eigenvalue weighted by Gasteiger charge is 2.18. The fourth-order valence-electron chi connectivity index (χ4n) is 2.36. The molecule has 0 heterocycles. The molecule has 1 saturated carbocycles. The maximum absolute atomic E-state index is 11.8. The van der Waals surface area contributed by atoms with Crippen LogP contribution >= 0.6 is 0 Å². The Hall–Kier alpha value is -1.27. The fourth-order valence-corrected chi connectivity index (χ4v) is 3.30. The number of nitrogens with two attached hydrogens (primary N) is 1. The van der Waals surface area contributed by atoms with Crippen LogP contribution < -0.4 is 15.2 Å². The van der Waals surface area contributed by atoms with Crippen molar-refractivity contribution in [2.24, 2.45) is 5.92 Å². The summed E-state index contributed by atoms with van der Waals surface area (Å²) in [5.74, 6) is 1.11. The molecule has 0 bridgehead atoms. The number of rotatable bonds is 7. The van der Waals surface area contributed by atoms with Crippen molar-refractivity contribution in [1.29, 1.82) is 0 Å². The summed E-state index contributed by atoms with van der Waals surface area (Å²) in [5, 5.41) is 0. The summed E-state index contributed by atoms with van der Waals surface area (Å²) in [7, 11) is -3.25. The first-order chi connectivity index (χ1) is 9.55. The molecule has 0 amide bonds. The van der Waals surface area contributed by atoms with Gasteiger partial charge in [-0.15, -0.1) is 0 Å². The Kier molecular flexibility index (Phi) is 5.25. The smallest absolute Gasteiger partial charge is 0.214 e. The molecule has 1 fully saturated rings. The van der Waals surface area contributed by atoms with Gasteiger partial charge in [-0.05, 0) is 43.0 Å². The number of hydrogen-bond donors (Lipinski definition) is 2. The van der Waals surface area contributed by atoms with E-state index < -0.39 is 10.0 Å². The molecule has 0 unspecified atom stereocenters. The van der Waals surface area contributed by atoms with Crippen LogP contribution in [0.2, 0.25) is 0 Å². The number of ether oxygens (including phenoxy) is 1. The first-order valence-corrected chi connectivity index (χ1v) is 8.66. The van der Waals surface area contributed by atoms with Crippen molar-refractivity contribution >= 4 is 15.7 Å². The van der Waals surface area contributed by atoms with E-state index in [2.05, 4.69) is 4.72 Å². The molecule has 1 aromatic carbocycles. The van der Waals surface area contributed by atoms with E-state index in [1.807, 2.05) is 0 Å². The molecule has 1 aromatic rings. The lowest BCUT2D eigenvalue weighted by atomic mass is 10.1. The summed E-state index contributed by atoms with van der Waals surface area (Å²) < 4.78 is 31.7. The molecule has 5 nitrogen and oxygen atoms in total. The lowest BCUT2D eigenvalue weighted by molar-refractivity contribution is 0.340. The zero-order chi connectivity index (χ0) is 14.4. The number of nitrogens with one attached hydrogen (secondary N) is 1. The van der Waals surface area contributed by atoms with Gasteiger partial charge in [0.05, 0.1) is 5.75 Å². The van der Waals surface area contributed by atoms with Gasteiger partial charge in [0, 0.05) is 12.2 Å². The van der Waals surface area contributed by atoms with Crippen molar-refractivity contribution in [1.82, 2.24) is 4.72 Å². The SMILES string of the molecule is Nc1ccc(OCCS(=O)(=O)NCC2CCCC2)cc1. The Balaban J connectivity index is 1.70. The topological polar surface area (TPSA) is 81.4 Å². The molecule has 0 aromatic heterocycles. The minimum atomic E-state index is -3.25. The van der Waals surface area contributed by atoms with Gasteiger partial charge in [-0.2, -0.15) is 0 Å². The van der Waals surface area contributed by atoms with Crippen molar-refractivity contribution in [2.45, 2.75) is 25.7 Å². The quantitative estimate of drug-likeness (QED) is 0.752. The highest BCUT2D eigenvalue weighted by atomic mass is 32.2. The van der Waals surface area contributed by atoms with E-state index in [1.165, 1.54) is 12.8 Å². The Morgan fingerprint density at radius 3 is 2.50 bits per heavy atom. The molecule has 2 rings (SSSR count). The Morgan fingerprint density at radius 1 is 1.20 bits per heavy atom. The van der Waals surface area contributed by atoms with Gasteiger partial charge in [-0.3, -0.25) is 0 Å². The maximum atomic E-state index is 11.8. The minimum absolute atomic E-state index is 0.0237. The molecule has 6 heteroatoms. The molecular weight excluding hydrogens is 276 g/mol. The van der Waals surface area contributed by atoms with Crippen LogP contribution in [0, 0.1) is 5.92 Å². The Bertz CT molecular complexity index is 508. The van der Waals surface area contributed by atoms with Crippen LogP contribution in [-0.4, -0.2) is 27.3 Å². The third-order valence-electron chi connectivity index (χ3n) is 3.57. The molecule has 1 aliphatic carbocycles. The molecule has 0 saturated heterocycles. The lowest BCUT2D eigenvalue weighted by Crippen LogP contribution is -2.32. The van der Waals surface area contributed by atoms with Crippen molar-refractivity contribution < 1.29 is 13.2 Å². The lowest BCUT2D eigenvalue weighted by Gasteiger charge is -2.11. The number of nitrogen functional groups attached to an aromatic ring is 1. The summed E-state index contributed by atoms with van der Waals surface area (Å²) in [6.45, 7) is 0.703. The number of benzene rings is 1. The van der Waals surface area contributed by atoms with Gasteiger partial charge in [-0.25, -0.2) is 13.1 Å². The number of sulfonamides is 1. The van der Waals surface area contributed by atoms with Crippen LogP contribution in [0.15, 0.2) is 24.3 Å². The van der Waals surface area contributed by atoms with E-state index in [1.54, 1.807) is 24.3 Å². The molecule has 0 radical (unpaired) electrons. The molecule has 0 aliphatic heterocycles. The van der Waals surface area contributed by atoms with E-state index in [0.29, 0.717) is 23.9 Å². The summed E-state index contributed by atoms with van der Waals surface area (Å²) in [6.07, 6.45) is 4.69. The van der Waals surface area contributed by atoms with Crippen molar-refractivity contribution in [2.75, 3.05) is 24.6 Å². The van der Waals surface area contributed by atoms with Crippen LogP contribution in [-0.2, 0) is 10.0 Å². The first kappa shape index (κ1) is 15.1. The van der Waals surface area contributed by atoms with Crippen LogP contribution in [0.4, 0.5) is 5.69 Å². The first-order valence-electron chi connectivity index (χ1n) is 7.01. The van der Waals surface area contributed by atoms with Crippen molar-refractivity contribution in [3.05, 3.63) is 24.3 Å². The second kappa shape index (κ2) is 6.95. The Labute approximate surface area is 120 Å². The molecule has 0 spiro atoms. The number of hydrogen-bond acceptors (Lipinski definition) is 4. The Morgan fingerprint density at radius 2 is 1.85 bits per heavy atom. The van der Waals surface area contributed by atoms with E-state index >= 15 is 0 Å². The van der Waals surface area contributed by atoms with E-state index in [9.17, 15) is 8.42 Å². The second-order valence-electron chi connectivity index (χ2n) is 5.24. The average Bonchev–Trinajstić information content (AvgIpc) is 2.92. The molecule has 112 valence electrons. The zero-order valence-electron chi connectivity index (χ0n) is 11.5. The normalized spacial score (nSPS) is 16.4. The molecule has 1 aliphatic rings. The maximum Gasteiger partial charge on any atom is 0.214 e. The van der Waals surface area contributed by atoms with Crippen molar-refractivity contribution in [3.63, 3.8) is 0 Å². The predicted octanol–water partition coefficient (Wildman–Crippen LogP) is 1.76. The zero-order valence-corrected chi connectivity index (χ0v) is 12.4. The van der Waals surface area contributed by atoms with E-state index in [-0.39, 0.29) is 12.4 Å². The summed E-state index contributed by atoms with van der Waals surface area (Å²) in [4.78, 5) is 0. The van der Waals surface area contributed by atoms with Gasteiger partial charge in [-0.1, -0.05) is 12.8 Å². The van der Waals surface area contributed by atoms with Gasteiger partial charge in [0.15, 0.2) is 0 Å². The summed E-state index contributed by atoms with van der Waals surface area (Å²) in [5.41, 5.74) is 6.22. The monoisotopic (exact) mass is 298 g/mol. The number of anilines is 1. The summed E-state index contributed by atoms with van der Waals surface area (Å²) in [6, 6.07) is 6.91. The van der Waals surface area contributed by atoms with Gasteiger partial charge >= 0.3 is 0 Å². The standard InChI is InChI=1S/C14H22N2O3S/c15-13-5-7-14(8-6-13)19-9-10-20(17,18)16-11-12-3-1-2-4-12/h5-8,12,16H,1-4,9-11,15H2. The van der Waals surface area contributed by atoms with Crippen LogP contribution in [0.25, 0.3) is 0 Å². The summed E-state index contributed by atoms with van der Waals surface area (Å²) >= 11 is 0.